The van der Waals surface area contributed by atoms with Gasteiger partial charge in [-0.15, -0.1) is 0 Å². The molecule has 10 heteroatoms. The number of hydrogen-bond acceptors (Lipinski definition) is 4. The zero-order valence-corrected chi connectivity index (χ0v) is 21.3. The molecule has 0 aliphatic carbocycles. The summed E-state index contributed by atoms with van der Waals surface area (Å²) in [6.07, 6.45) is 4.32. The SMILES string of the molecule is O=C(CCCCCN1C(=O)/C(=C/c2ccc(Cl)cc2)SC1=S)Nc1cc(Cl)c(Cl)cc1Cl. The monoisotopic (exact) mass is 546 g/mol. The highest BCUT2D eigenvalue weighted by atomic mass is 35.5. The fourth-order valence-electron chi connectivity index (χ4n) is 2.97. The van der Waals surface area contributed by atoms with E-state index in [1.165, 1.54) is 23.9 Å². The molecule has 0 saturated carbocycles. The number of amides is 2. The number of hydrogen-bond donors (Lipinski definition) is 1. The van der Waals surface area contributed by atoms with Crippen molar-refractivity contribution in [3.63, 3.8) is 0 Å². The molecule has 2 aromatic rings. The quantitative estimate of drug-likeness (QED) is 0.159. The summed E-state index contributed by atoms with van der Waals surface area (Å²) in [5.41, 5.74) is 1.32. The maximum absolute atomic E-state index is 12.7. The number of carbonyl (C=O) groups is 2. The Hall–Kier alpha value is -1.28. The number of nitrogens with zero attached hydrogens (tertiary/aromatic N) is 1. The second-order valence-corrected chi connectivity index (χ2v) is 10.3. The maximum atomic E-state index is 12.7. The van der Waals surface area contributed by atoms with Crippen LogP contribution in [0.1, 0.15) is 31.2 Å². The van der Waals surface area contributed by atoms with Crippen LogP contribution in [-0.4, -0.2) is 27.6 Å². The van der Waals surface area contributed by atoms with Gasteiger partial charge in [-0.2, -0.15) is 0 Å². The fraction of sp³-hybridized carbons (Fsp3) is 0.227. The number of thioether (sulfide) groups is 1. The van der Waals surface area contributed by atoms with Gasteiger partial charge in [0.1, 0.15) is 4.32 Å². The van der Waals surface area contributed by atoms with E-state index >= 15 is 0 Å². The Bertz CT molecular complexity index is 1070. The van der Waals surface area contributed by atoms with Crippen molar-refractivity contribution in [2.24, 2.45) is 0 Å². The number of rotatable bonds is 8. The Morgan fingerprint density at radius 2 is 1.69 bits per heavy atom. The Morgan fingerprint density at radius 3 is 2.41 bits per heavy atom. The molecular formula is C22H18Cl4N2O2S2. The van der Waals surface area contributed by atoms with Crippen LogP contribution in [0.3, 0.4) is 0 Å². The molecule has 0 radical (unpaired) electrons. The lowest BCUT2D eigenvalue weighted by molar-refractivity contribution is -0.122. The van der Waals surface area contributed by atoms with Gasteiger partial charge >= 0.3 is 0 Å². The summed E-state index contributed by atoms with van der Waals surface area (Å²) in [4.78, 5) is 27.0. The molecular weight excluding hydrogens is 530 g/mol. The largest absolute Gasteiger partial charge is 0.325 e. The Kier molecular flexibility index (Phi) is 9.29. The van der Waals surface area contributed by atoms with Crippen molar-refractivity contribution < 1.29 is 9.59 Å². The van der Waals surface area contributed by atoms with E-state index in [0.29, 0.717) is 54.4 Å². The Morgan fingerprint density at radius 1 is 1.00 bits per heavy atom. The molecule has 3 rings (SSSR count). The van der Waals surface area contributed by atoms with E-state index in [1.807, 2.05) is 18.2 Å². The number of anilines is 1. The van der Waals surface area contributed by atoms with Gasteiger partial charge in [0.15, 0.2) is 0 Å². The normalized spacial score (nSPS) is 15.0. The zero-order chi connectivity index (χ0) is 23.3. The molecule has 0 bridgehead atoms. The number of thiocarbonyl (C=S) groups is 1. The van der Waals surface area contributed by atoms with Crippen LogP contribution in [0.2, 0.25) is 20.1 Å². The highest BCUT2D eigenvalue weighted by Gasteiger charge is 2.31. The van der Waals surface area contributed by atoms with Crippen molar-refractivity contribution in [3.8, 4) is 0 Å². The van der Waals surface area contributed by atoms with Gasteiger partial charge in [0.05, 0.1) is 25.7 Å². The molecule has 168 valence electrons. The van der Waals surface area contributed by atoms with Crippen molar-refractivity contribution in [1.29, 1.82) is 0 Å². The van der Waals surface area contributed by atoms with Gasteiger partial charge in [0, 0.05) is 18.0 Å². The molecule has 2 aromatic carbocycles. The lowest BCUT2D eigenvalue weighted by Crippen LogP contribution is -2.29. The smallest absolute Gasteiger partial charge is 0.266 e. The highest BCUT2D eigenvalue weighted by molar-refractivity contribution is 8.26. The molecule has 2 amide bonds. The summed E-state index contributed by atoms with van der Waals surface area (Å²) in [6, 6.07) is 10.3. The van der Waals surface area contributed by atoms with Crippen molar-refractivity contribution in [2.45, 2.75) is 25.7 Å². The standard InChI is InChI=1S/C22H18Cl4N2O2S2/c23-14-7-5-13(6-8-14)10-19-21(30)28(22(31)32-19)9-3-1-2-4-20(29)27-18-12-16(25)15(24)11-17(18)26/h5-8,10-12H,1-4,9H2,(H,27,29)/b19-10-. The highest BCUT2D eigenvalue weighted by Crippen LogP contribution is 2.34. The molecule has 0 atom stereocenters. The molecule has 1 heterocycles. The van der Waals surface area contributed by atoms with Crippen LogP contribution < -0.4 is 5.32 Å². The van der Waals surface area contributed by atoms with Crippen LogP contribution in [0.25, 0.3) is 6.08 Å². The molecule has 4 nitrogen and oxygen atoms in total. The summed E-state index contributed by atoms with van der Waals surface area (Å²) in [5.74, 6) is -0.260. The molecule has 1 saturated heterocycles. The van der Waals surface area contributed by atoms with Gasteiger partial charge in [-0.05, 0) is 48.7 Å². The second-order valence-electron chi connectivity index (χ2n) is 6.99. The van der Waals surface area contributed by atoms with E-state index in [1.54, 1.807) is 17.0 Å². The van der Waals surface area contributed by atoms with E-state index in [0.717, 1.165) is 18.4 Å². The minimum Gasteiger partial charge on any atom is -0.325 e. The molecule has 0 unspecified atom stereocenters. The molecule has 0 aromatic heterocycles. The lowest BCUT2D eigenvalue weighted by atomic mass is 10.1. The minimum absolute atomic E-state index is 0.0954. The van der Waals surface area contributed by atoms with Crippen LogP contribution in [0.4, 0.5) is 5.69 Å². The number of halogens is 4. The van der Waals surface area contributed by atoms with Crippen molar-refractivity contribution in [3.05, 3.63) is 67.0 Å². The third-order valence-electron chi connectivity index (χ3n) is 4.61. The number of carbonyl (C=O) groups excluding carboxylic acids is 2. The van der Waals surface area contributed by atoms with Crippen LogP contribution in [-0.2, 0) is 9.59 Å². The molecule has 1 aliphatic heterocycles. The van der Waals surface area contributed by atoms with Gasteiger partial charge < -0.3 is 5.32 Å². The first-order chi connectivity index (χ1) is 15.2. The van der Waals surface area contributed by atoms with Crippen molar-refractivity contribution in [1.82, 2.24) is 4.90 Å². The molecule has 1 aliphatic rings. The van der Waals surface area contributed by atoms with E-state index in [4.69, 9.17) is 58.6 Å². The van der Waals surface area contributed by atoms with E-state index in [2.05, 4.69) is 5.32 Å². The lowest BCUT2D eigenvalue weighted by Gasteiger charge is -2.14. The van der Waals surface area contributed by atoms with Gasteiger partial charge in [-0.3, -0.25) is 14.5 Å². The first-order valence-electron chi connectivity index (χ1n) is 9.70. The van der Waals surface area contributed by atoms with Crippen molar-refractivity contribution in [2.75, 3.05) is 11.9 Å². The fourth-order valence-corrected chi connectivity index (χ4v) is 5.00. The Labute approximate surface area is 216 Å². The summed E-state index contributed by atoms with van der Waals surface area (Å²) in [6.45, 7) is 0.517. The first kappa shape index (κ1) is 25.3. The Balaban J connectivity index is 1.43. The third-order valence-corrected chi connectivity index (χ3v) is 7.28. The first-order valence-corrected chi connectivity index (χ1v) is 12.4. The maximum Gasteiger partial charge on any atom is 0.266 e. The number of benzene rings is 2. The van der Waals surface area contributed by atoms with Crippen LogP contribution in [0.5, 0.6) is 0 Å². The van der Waals surface area contributed by atoms with Crippen LogP contribution in [0, 0.1) is 0 Å². The second kappa shape index (κ2) is 11.7. The summed E-state index contributed by atoms with van der Waals surface area (Å²) >= 11 is 30.5. The van der Waals surface area contributed by atoms with Gasteiger partial charge in [-0.25, -0.2) is 0 Å². The van der Waals surface area contributed by atoms with Crippen LogP contribution in [0.15, 0.2) is 41.3 Å². The average molecular weight is 548 g/mol. The van der Waals surface area contributed by atoms with Gasteiger partial charge in [0.25, 0.3) is 5.91 Å². The molecule has 0 spiro atoms. The molecule has 1 fully saturated rings. The predicted octanol–water partition coefficient (Wildman–Crippen LogP) is 7.70. The summed E-state index contributed by atoms with van der Waals surface area (Å²) in [5, 5.41) is 4.35. The van der Waals surface area contributed by atoms with Crippen LogP contribution >= 0.6 is 70.4 Å². The number of nitrogens with one attached hydrogen (secondary N) is 1. The van der Waals surface area contributed by atoms with E-state index < -0.39 is 0 Å². The molecule has 1 N–H and O–H groups in total. The van der Waals surface area contributed by atoms with E-state index in [-0.39, 0.29) is 11.8 Å². The zero-order valence-electron chi connectivity index (χ0n) is 16.7. The van der Waals surface area contributed by atoms with Crippen molar-refractivity contribution >= 4 is 98.3 Å². The third kappa shape index (κ3) is 6.86. The van der Waals surface area contributed by atoms with Gasteiger partial charge in [-0.1, -0.05) is 88.9 Å². The molecule has 32 heavy (non-hydrogen) atoms. The summed E-state index contributed by atoms with van der Waals surface area (Å²) in [7, 11) is 0. The van der Waals surface area contributed by atoms with E-state index in [9.17, 15) is 9.59 Å². The van der Waals surface area contributed by atoms with Gasteiger partial charge in [0.2, 0.25) is 5.91 Å². The predicted molar refractivity (Wildman–Crippen MR) is 140 cm³/mol. The average Bonchev–Trinajstić information content (AvgIpc) is 3.00. The summed E-state index contributed by atoms with van der Waals surface area (Å²) < 4.78 is 0.544. The number of unbranched alkanes of at least 4 members (excludes halogenated alkanes) is 2. The topological polar surface area (TPSA) is 49.4 Å². The minimum atomic E-state index is -0.165.